The Morgan fingerprint density at radius 1 is 1.10 bits per heavy atom. The number of aliphatic hydroxyl groups excluding tert-OH is 1. The number of pyridine rings is 1. The number of fused-ring (bicyclic) bond motifs is 2. The summed E-state index contributed by atoms with van der Waals surface area (Å²) in [7, 11) is -4.47. The Hall–Kier alpha value is -4.68. The average molecular weight is 890 g/mol. The monoisotopic (exact) mass is 889 g/mol. The molecule has 4 fully saturated rings. The van der Waals surface area contributed by atoms with Crippen molar-refractivity contribution in [3.8, 4) is 11.5 Å². The highest BCUT2D eigenvalue weighted by Gasteiger charge is 2.76. The van der Waals surface area contributed by atoms with Gasteiger partial charge >= 0.3 is 0 Å². The minimum atomic E-state index is -4.47. The zero-order valence-electron chi connectivity index (χ0n) is 36.0. The van der Waals surface area contributed by atoms with Crippen molar-refractivity contribution in [2.45, 2.75) is 82.8 Å². The normalized spacial score (nSPS) is 24.8. The van der Waals surface area contributed by atoms with Crippen LogP contribution in [0, 0.1) is 38.7 Å². The third-order valence-corrected chi connectivity index (χ3v) is 15.9. The van der Waals surface area contributed by atoms with E-state index in [0.29, 0.717) is 57.1 Å². The van der Waals surface area contributed by atoms with Gasteiger partial charge in [0.2, 0.25) is 10.0 Å². The Bertz CT molecular complexity index is 2510. The number of nitro groups is 1. The first kappa shape index (κ1) is 43.6. The molecule has 3 unspecified atom stereocenters. The van der Waals surface area contributed by atoms with E-state index >= 15 is 0 Å². The number of halogens is 2. The van der Waals surface area contributed by atoms with Gasteiger partial charge in [-0.05, 0) is 111 Å². The SMILES string of the molecule is CC1(C)CCC(CN2CCN(c3ccc(C(O)NS(=O)(=O)c4ccc(NCC5CCOCC5)c([N+](=O)[O-])c4)c(Oc4cnc5[nH]ccc5c4)c3)CC2)=C([C@@H]2CC3(C(C)(F)F)CC23)C1. The predicted octanol–water partition coefficient (Wildman–Crippen LogP) is 8.38. The summed E-state index contributed by atoms with van der Waals surface area (Å²) in [5, 5.41) is 27.6. The molecule has 338 valence electrons. The second kappa shape index (κ2) is 16.7. The van der Waals surface area contributed by atoms with Crippen molar-refractivity contribution in [3.63, 3.8) is 0 Å². The number of nitro benzene ring substituents is 1. The Balaban J connectivity index is 0.912. The number of anilines is 2. The van der Waals surface area contributed by atoms with Crippen molar-refractivity contribution in [1.29, 1.82) is 0 Å². The lowest BCUT2D eigenvalue weighted by atomic mass is 9.62. The molecule has 0 bridgehead atoms. The van der Waals surface area contributed by atoms with Gasteiger partial charge in [-0.3, -0.25) is 15.0 Å². The molecule has 0 spiro atoms. The number of piperazine rings is 1. The van der Waals surface area contributed by atoms with E-state index in [1.54, 1.807) is 24.4 Å². The molecule has 9 rings (SSSR count). The minimum Gasteiger partial charge on any atom is -0.455 e. The maximum Gasteiger partial charge on any atom is 0.293 e. The van der Waals surface area contributed by atoms with Gasteiger partial charge in [-0.1, -0.05) is 25.0 Å². The smallest absolute Gasteiger partial charge is 0.293 e. The number of H-pyrrole nitrogens is 1. The van der Waals surface area contributed by atoms with Gasteiger partial charge in [-0.2, -0.15) is 4.72 Å². The molecule has 17 heteroatoms. The molecule has 0 amide bonds. The summed E-state index contributed by atoms with van der Waals surface area (Å²) in [4.78, 5) is 23.3. The van der Waals surface area contributed by atoms with Crippen LogP contribution in [0.4, 0.5) is 25.8 Å². The fraction of sp³-hybridized carbons (Fsp3) is 0.543. The molecule has 4 heterocycles. The summed E-state index contributed by atoms with van der Waals surface area (Å²) in [6.45, 7) is 11.2. The summed E-state index contributed by atoms with van der Waals surface area (Å²) in [5.41, 5.74) is 3.67. The van der Waals surface area contributed by atoms with Gasteiger partial charge in [0.15, 0.2) is 0 Å². The van der Waals surface area contributed by atoms with Crippen molar-refractivity contribution in [2.24, 2.45) is 28.6 Å². The van der Waals surface area contributed by atoms with Crippen LogP contribution in [0.3, 0.4) is 0 Å². The highest BCUT2D eigenvalue weighted by molar-refractivity contribution is 7.89. The summed E-state index contributed by atoms with van der Waals surface area (Å²) < 4.78 is 70.6. The van der Waals surface area contributed by atoms with Crippen LogP contribution < -0.4 is 19.7 Å². The first-order chi connectivity index (χ1) is 30.0. The molecular weight excluding hydrogens is 833 g/mol. The van der Waals surface area contributed by atoms with Crippen LogP contribution in [-0.4, -0.2) is 91.7 Å². The van der Waals surface area contributed by atoms with Crippen molar-refractivity contribution >= 4 is 38.1 Å². The Labute approximate surface area is 366 Å². The van der Waals surface area contributed by atoms with Crippen LogP contribution in [0.5, 0.6) is 11.5 Å². The minimum absolute atomic E-state index is 0.102. The number of aliphatic hydroxyl groups is 1. The number of benzene rings is 2. The molecule has 3 aliphatic carbocycles. The Morgan fingerprint density at radius 3 is 2.59 bits per heavy atom. The number of hydrogen-bond acceptors (Lipinski definition) is 11. The molecule has 5 aliphatic rings. The summed E-state index contributed by atoms with van der Waals surface area (Å²) in [6.07, 6.45) is 7.45. The molecular formula is C46H57F2N7O7S. The largest absolute Gasteiger partial charge is 0.455 e. The van der Waals surface area contributed by atoms with Crippen LogP contribution >= 0.6 is 0 Å². The molecule has 63 heavy (non-hydrogen) atoms. The highest BCUT2D eigenvalue weighted by Crippen LogP contribution is 2.78. The first-order valence-corrected chi connectivity index (χ1v) is 23.6. The van der Waals surface area contributed by atoms with E-state index < -0.39 is 38.2 Å². The third-order valence-electron chi connectivity index (χ3n) is 14.5. The lowest BCUT2D eigenvalue weighted by Crippen LogP contribution is -2.47. The van der Waals surface area contributed by atoms with Crippen LogP contribution in [0.2, 0.25) is 0 Å². The number of nitrogens with zero attached hydrogens (tertiary/aromatic N) is 4. The van der Waals surface area contributed by atoms with Gasteiger partial charge in [0, 0.05) is 92.9 Å². The number of nitrogens with one attached hydrogen (secondary N) is 3. The number of aromatic amines is 1. The second-order valence-corrected chi connectivity index (χ2v) is 20.9. The topological polar surface area (TPSA) is 175 Å². The molecule has 4 aromatic rings. The number of ether oxygens (including phenoxy) is 2. The van der Waals surface area contributed by atoms with Crippen LogP contribution in [-0.2, 0) is 14.8 Å². The van der Waals surface area contributed by atoms with Gasteiger partial charge in [0.25, 0.3) is 11.6 Å². The second-order valence-electron chi connectivity index (χ2n) is 19.2. The number of rotatable bonds is 15. The van der Waals surface area contributed by atoms with E-state index in [1.807, 2.05) is 12.1 Å². The van der Waals surface area contributed by atoms with Crippen molar-refractivity contribution in [2.75, 3.05) is 62.7 Å². The number of allylic oxidation sites excluding steroid dienone is 1. The van der Waals surface area contributed by atoms with Gasteiger partial charge in [0.1, 0.15) is 29.1 Å². The zero-order chi connectivity index (χ0) is 44.3. The van der Waals surface area contributed by atoms with Gasteiger partial charge in [-0.15, -0.1) is 0 Å². The van der Waals surface area contributed by atoms with Crippen molar-refractivity contribution < 1.29 is 36.7 Å². The molecule has 2 aromatic heterocycles. The van der Waals surface area contributed by atoms with E-state index in [4.69, 9.17) is 9.47 Å². The molecule has 0 radical (unpaired) electrons. The van der Waals surface area contributed by atoms with E-state index in [2.05, 4.69) is 43.7 Å². The molecule has 2 saturated carbocycles. The van der Waals surface area contributed by atoms with E-state index in [9.17, 15) is 32.4 Å². The van der Waals surface area contributed by atoms with Crippen LogP contribution in [0.15, 0.2) is 77.0 Å². The maximum atomic E-state index is 14.5. The fourth-order valence-electron chi connectivity index (χ4n) is 10.5. The molecule has 2 aromatic carbocycles. The number of sulfonamides is 1. The standard InChI is InChI=1S/C46H57F2N7O7S/c1-44(2)12-8-31(36(23-44)37-24-46(25-38(37)46)45(3,47)48)28-53-14-16-54(17-15-53)32-4-6-35(41(21-32)62-33-20-30-9-13-49-42(30)51-27-33)43(56)52-63(59,60)34-5-7-39(40(22-34)55(57)58)50-26-29-10-18-61-19-11-29/h4-7,9,13,20-22,27,29,37-38,43,50,52,56H,8,10-12,14-19,23-26,28H2,1-3H3,(H,49,51)/t37-,38?,43?,46?/m0/s1. The van der Waals surface area contributed by atoms with Gasteiger partial charge in [0.05, 0.1) is 16.0 Å². The average Bonchev–Trinajstić information content (AvgIpc) is 3.58. The summed E-state index contributed by atoms with van der Waals surface area (Å²) in [6, 6.07) is 12.5. The molecule has 14 nitrogen and oxygen atoms in total. The van der Waals surface area contributed by atoms with E-state index in [1.165, 1.54) is 29.5 Å². The lowest BCUT2D eigenvalue weighted by Gasteiger charge is -2.45. The third kappa shape index (κ3) is 8.91. The van der Waals surface area contributed by atoms with E-state index in [0.717, 1.165) is 75.8 Å². The Kier molecular flexibility index (Phi) is 11.6. The molecule has 4 atom stereocenters. The fourth-order valence-corrected chi connectivity index (χ4v) is 11.6. The maximum absolute atomic E-state index is 14.5. The van der Waals surface area contributed by atoms with Crippen molar-refractivity contribution in [1.82, 2.24) is 19.6 Å². The Morgan fingerprint density at radius 2 is 1.87 bits per heavy atom. The highest BCUT2D eigenvalue weighted by atomic mass is 32.2. The predicted molar refractivity (Wildman–Crippen MR) is 236 cm³/mol. The number of alkyl halides is 2. The van der Waals surface area contributed by atoms with E-state index in [-0.39, 0.29) is 45.1 Å². The van der Waals surface area contributed by atoms with Gasteiger partial charge < -0.3 is 29.8 Å². The first-order valence-electron chi connectivity index (χ1n) is 22.1. The molecule has 2 aliphatic heterocycles. The molecule has 4 N–H and O–H groups in total. The summed E-state index contributed by atoms with van der Waals surface area (Å²) >= 11 is 0. The summed E-state index contributed by atoms with van der Waals surface area (Å²) in [5.74, 6) is -1.41. The van der Waals surface area contributed by atoms with Gasteiger partial charge in [-0.25, -0.2) is 22.2 Å². The zero-order valence-corrected chi connectivity index (χ0v) is 36.9. The molecule has 2 saturated heterocycles. The lowest BCUT2D eigenvalue weighted by molar-refractivity contribution is -0.384. The number of aromatic nitrogens is 2. The quantitative estimate of drug-likeness (QED) is 0.0391. The number of hydrogen-bond donors (Lipinski definition) is 4. The van der Waals surface area contributed by atoms with Crippen LogP contribution in [0.1, 0.15) is 77.5 Å². The van der Waals surface area contributed by atoms with Crippen molar-refractivity contribution in [3.05, 3.63) is 87.7 Å². The van der Waals surface area contributed by atoms with Crippen LogP contribution in [0.25, 0.3) is 11.0 Å².